The van der Waals surface area contributed by atoms with Crippen molar-refractivity contribution < 1.29 is 4.74 Å². The topological polar surface area (TPSA) is 35.2 Å². The number of rotatable bonds is 2. The van der Waals surface area contributed by atoms with Crippen LogP contribution in [0.3, 0.4) is 0 Å². The van der Waals surface area contributed by atoms with E-state index in [0.717, 1.165) is 5.75 Å². The first kappa shape index (κ1) is 10.8. The van der Waals surface area contributed by atoms with Gasteiger partial charge in [-0.2, -0.15) is 0 Å². The highest BCUT2D eigenvalue weighted by Gasteiger charge is 2.00. The van der Waals surface area contributed by atoms with Crippen LogP contribution in [0.4, 0.5) is 5.69 Å². The van der Waals surface area contributed by atoms with Crippen molar-refractivity contribution in [1.82, 2.24) is 0 Å². The van der Waals surface area contributed by atoms with Crippen LogP contribution >= 0.6 is 11.6 Å². The number of nitrogens with two attached hydrogens (primary N) is 1. The maximum absolute atomic E-state index is 5.90. The molecule has 0 aliphatic heterocycles. The maximum atomic E-state index is 5.90. The average molecular weight is 234 g/mol. The van der Waals surface area contributed by atoms with Crippen LogP contribution in [0.15, 0.2) is 42.5 Å². The van der Waals surface area contributed by atoms with E-state index in [-0.39, 0.29) is 0 Å². The second kappa shape index (κ2) is 4.45. The molecule has 0 aliphatic rings. The number of benzene rings is 2. The van der Waals surface area contributed by atoms with Crippen LogP contribution in [0, 0.1) is 6.92 Å². The lowest BCUT2D eigenvalue weighted by Gasteiger charge is -2.07. The number of nitrogen functional groups attached to an aromatic ring is 1. The summed E-state index contributed by atoms with van der Waals surface area (Å²) >= 11 is 5.90. The molecule has 16 heavy (non-hydrogen) atoms. The molecule has 3 heteroatoms. The molecule has 2 aromatic rings. The van der Waals surface area contributed by atoms with E-state index in [1.165, 1.54) is 5.56 Å². The molecule has 0 saturated carbocycles. The van der Waals surface area contributed by atoms with Crippen molar-refractivity contribution >= 4 is 17.3 Å². The predicted octanol–water partition coefficient (Wildman–Crippen LogP) is 4.02. The monoisotopic (exact) mass is 233 g/mol. The minimum Gasteiger partial charge on any atom is -0.457 e. The van der Waals surface area contributed by atoms with Crippen molar-refractivity contribution in [2.45, 2.75) is 6.92 Å². The first-order chi connectivity index (χ1) is 7.65. The Morgan fingerprint density at radius 1 is 1.00 bits per heavy atom. The van der Waals surface area contributed by atoms with Gasteiger partial charge >= 0.3 is 0 Å². The fraction of sp³-hybridized carbons (Fsp3) is 0.0769. The Bertz CT molecular complexity index is 494. The summed E-state index contributed by atoms with van der Waals surface area (Å²) in [5, 5.41) is 0.504. The van der Waals surface area contributed by atoms with Gasteiger partial charge in [0.05, 0.1) is 10.7 Å². The Balaban J connectivity index is 2.20. The second-order valence-corrected chi connectivity index (χ2v) is 4.01. The summed E-state index contributed by atoms with van der Waals surface area (Å²) in [6, 6.07) is 13.0. The molecule has 0 aromatic heterocycles. The van der Waals surface area contributed by atoms with Crippen LogP contribution in [0.5, 0.6) is 11.5 Å². The van der Waals surface area contributed by atoms with Crippen molar-refractivity contribution in [3.05, 3.63) is 53.1 Å². The molecule has 0 heterocycles. The summed E-state index contributed by atoms with van der Waals surface area (Å²) in [5.74, 6) is 1.47. The van der Waals surface area contributed by atoms with Crippen LogP contribution in [0.2, 0.25) is 5.02 Å². The predicted molar refractivity (Wildman–Crippen MR) is 67.1 cm³/mol. The number of halogens is 1. The number of aryl methyl sites for hydroxylation is 1. The van der Waals surface area contributed by atoms with Gasteiger partial charge in [0.25, 0.3) is 0 Å². The molecule has 2 aromatic carbocycles. The summed E-state index contributed by atoms with van der Waals surface area (Å²) < 4.78 is 5.63. The Labute approximate surface area is 99.6 Å². The fourth-order valence-electron chi connectivity index (χ4n) is 1.31. The van der Waals surface area contributed by atoms with Gasteiger partial charge in [-0.3, -0.25) is 0 Å². The SMILES string of the molecule is Cc1ccc(Oc2ccc(N)c(Cl)c2)cc1. The van der Waals surface area contributed by atoms with Gasteiger partial charge in [-0.25, -0.2) is 0 Å². The van der Waals surface area contributed by atoms with Crippen LogP contribution in [-0.2, 0) is 0 Å². The van der Waals surface area contributed by atoms with Gasteiger partial charge < -0.3 is 10.5 Å². The third-order valence-electron chi connectivity index (χ3n) is 2.23. The summed E-state index contributed by atoms with van der Waals surface area (Å²) in [6.45, 7) is 2.03. The highest BCUT2D eigenvalue weighted by atomic mass is 35.5. The molecule has 2 rings (SSSR count). The molecule has 0 unspecified atom stereocenters. The van der Waals surface area contributed by atoms with E-state index < -0.39 is 0 Å². The fourth-order valence-corrected chi connectivity index (χ4v) is 1.48. The van der Waals surface area contributed by atoms with E-state index in [1.54, 1.807) is 18.2 Å². The largest absolute Gasteiger partial charge is 0.457 e. The molecule has 2 nitrogen and oxygen atoms in total. The summed E-state index contributed by atoms with van der Waals surface area (Å²) in [4.78, 5) is 0. The first-order valence-corrected chi connectivity index (χ1v) is 5.32. The van der Waals surface area contributed by atoms with Crippen LogP contribution in [0.1, 0.15) is 5.56 Å². The summed E-state index contributed by atoms with van der Waals surface area (Å²) in [5.41, 5.74) is 7.37. The lowest BCUT2D eigenvalue weighted by Crippen LogP contribution is -1.88. The zero-order valence-corrected chi connectivity index (χ0v) is 9.66. The average Bonchev–Trinajstić information content (AvgIpc) is 2.27. The van der Waals surface area contributed by atoms with Crippen molar-refractivity contribution in [3.8, 4) is 11.5 Å². The molecular formula is C13H12ClNO. The summed E-state index contributed by atoms with van der Waals surface area (Å²) in [6.07, 6.45) is 0. The van der Waals surface area contributed by atoms with E-state index in [9.17, 15) is 0 Å². The van der Waals surface area contributed by atoms with Crippen molar-refractivity contribution in [3.63, 3.8) is 0 Å². The molecule has 0 amide bonds. The Kier molecular flexibility index (Phi) is 3.02. The molecule has 0 saturated heterocycles. The van der Waals surface area contributed by atoms with E-state index in [2.05, 4.69) is 0 Å². The molecular weight excluding hydrogens is 222 g/mol. The van der Waals surface area contributed by atoms with Gasteiger partial charge in [-0.15, -0.1) is 0 Å². The molecule has 82 valence electrons. The number of anilines is 1. The van der Waals surface area contributed by atoms with Crippen LogP contribution < -0.4 is 10.5 Å². The zero-order chi connectivity index (χ0) is 11.5. The lowest BCUT2D eigenvalue weighted by atomic mass is 10.2. The molecule has 0 spiro atoms. The molecule has 0 radical (unpaired) electrons. The Morgan fingerprint density at radius 2 is 1.62 bits per heavy atom. The quantitative estimate of drug-likeness (QED) is 0.795. The Hall–Kier alpha value is -1.67. The number of hydrogen-bond acceptors (Lipinski definition) is 2. The molecule has 0 bridgehead atoms. The maximum Gasteiger partial charge on any atom is 0.129 e. The minimum atomic E-state index is 0.504. The number of hydrogen-bond donors (Lipinski definition) is 1. The highest BCUT2D eigenvalue weighted by Crippen LogP contribution is 2.27. The van der Waals surface area contributed by atoms with E-state index in [0.29, 0.717) is 16.5 Å². The van der Waals surface area contributed by atoms with Gasteiger partial charge in [0.15, 0.2) is 0 Å². The van der Waals surface area contributed by atoms with Crippen molar-refractivity contribution in [2.75, 3.05) is 5.73 Å². The van der Waals surface area contributed by atoms with Gasteiger partial charge in [0.1, 0.15) is 11.5 Å². The lowest BCUT2D eigenvalue weighted by molar-refractivity contribution is 0.482. The number of ether oxygens (including phenoxy) is 1. The third-order valence-corrected chi connectivity index (χ3v) is 2.56. The molecule has 2 N–H and O–H groups in total. The van der Waals surface area contributed by atoms with Crippen LogP contribution in [-0.4, -0.2) is 0 Å². The summed E-state index contributed by atoms with van der Waals surface area (Å²) in [7, 11) is 0. The van der Waals surface area contributed by atoms with E-state index >= 15 is 0 Å². The third kappa shape index (κ3) is 2.47. The zero-order valence-electron chi connectivity index (χ0n) is 8.91. The Morgan fingerprint density at radius 3 is 2.25 bits per heavy atom. The van der Waals surface area contributed by atoms with Crippen molar-refractivity contribution in [2.24, 2.45) is 0 Å². The molecule has 0 fully saturated rings. The highest BCUT2D eigenvalue weighted by molar-refractivity contribution is 6.33. The normalized spacial score (nSPS) is 10.1. The van der Waals surface area contributed by atoms with Gasteiger partial charge in [0.2, 0.25) is 0 Å². The van der Waals surface area contributed by atoms with Crippen LogP contribution in [0.25, 0.3) is 0 Å². The van der Waals surface area contributed by atoms with Gasteiger partial charge in [-0.05, 0) is 31.2 Å². The second-order valence-electron chi connectivity index (χ2n) is 3.60. The van der Waals surface area contributed by atoms with E-state index in [4.69, 9.17) is 22.1 Å². The molecule has 0 aliphatic carbocycles. The smallest absolute Gasteiger partial charge is 0.129 e. The van der Waals surface area contributed by atoms with Gasteiger partial charge in [-0.1, -0.05) is 29.3 Å². The van der Waals surface area contributed by atoms with Gasteiger partial charge in [0, 0.05) is 6.07 Å². The van der Waals surface area contributed by atoms with Crippen molar-refractivity contribution in [1.29, 1.82) is 0 Å². The molecule has 0 atom stereocenters. The standard InChI is InChI=1S/C13H12ClNO/c1-9-2-4-10(5-3-9)16-11-6-7-13(15)12(14)8-11/h2-8H,15H2,1H3. The van der Waals surface area contributed by atoms with E-state index in [1.807, 2.05) is 31.2 Å². The first-order valence-electron chi connectivity index (χ1n) is 4.95. The minimum absolute atomic E-state index is 0.504.